The molecular formula is C14H19N3O4. The molecule has 0 radical (unpaired) electrons. The van der Waals surface area contributed by atoms with Crippen LogP contribution in [0.15, 0.2) is 18.2 Å². The van der Waals surface area contributed by atoms with Crippen LogP contribution in [0.5, 0.6) is 0 Å². The van der Waals surface area contributed by atoms with Gasteiger partial charge in [0.2, 0.25) is 5.91 Å². The van der Waals surface area contributed by atoms with Crippen molar-refractivity contribution in [3.63, 3.8) is 0 Å². The van der Waals surface area contributed by atoms with Gasteiger partial charge in [0.1, 0.15) is 5.69 Å². The van der Waals surface area contributed by atoms with Gasteiger partial charge in [0.15, 0.2) is 0 Å². The van der Waals surface area contributed by atoms with E-state index in [9.17, 15) is 14.9 Å². The van der Waals surface area contributed by atoms with Crippen LogP contribution in [0.3, 0.4) is 0 Å². The van der Waals surface area contributed by atoms with Gasteiger partial charge in [0, 0.05) is 12.1 Å². The number of nitro groups is 1. The number of ether oxygens (including phenoxy) is 1. The van der Waals surface area contributed by atoms with Crippen molar-refractivity contribution in [2.45, 2.75) is 19.9 Å². The minimum Gasteiger partial charge on any atom is -0.379 e. The smallest absolute Gasteiger partial charge is 0.293 e. The number of benzene rings is 1. The van der Waals surface area contributed by atoms with E-state index in [0.29, 0.717) is 13.2 Å². The van der Waals surface area contributed by atoms with Crippen molar-refractivity contribution in [2.75, 3.05) is 25.1 Å². The van der Waals surface area contributed by atoms with Crippen molar-refractivity contribution in [2.24, 2.45) is 5.92 Å². The van der Waals surface area contributed by atoms with Gasteiger partial charge in [-0.05, 0) is 25.1 Å². The molecule has 0 aromatic heterocycles. The summed E-state index contributed by atoms with van der Waals surface area (Å²) >= 11 is 0. The van der Waals surface area contributed by atoms with Crippen LogP contribution in [0.1, 0.15) is 12.5 Å². The maximum atomic E-state index is 12.3. The van der Waals surface area contributed by atoms with Crippen molar-refractivity contribution in [1.82, 2.24) is 5.32 Å². The summed E-state index contributed by atoms with van der Waals surface area (Å²) in [6.07, 6.45) is 0. The third-order valence-corrected chi connectivity index (χ3v) is 3.49. The van der Waals surface area contributed by atoms with E-state index in [0.717, 1.165) is 12.1 Å². The molecule has 0 aliphatic carbocycles. The summed E-state index contributed by atoms with van der Waals surface area (Å²) in [5.41, 5.74) is 0.898. The fourth-order valence-corrected chi connectivity index (χ4v) is 2.40. The highest BCUT2D eigenvalue weighted by molar-refractivity contribution is 5.95. The quantitative estimate of drug-likeness (QED) is 0.633. The second kappa shape index (κ2) is 6.64. The minimum absolute atomic E-state index is 0.0560. The Balaban J connectivity index is 2.14. The van der Waals surface area contributed by atoms with E-state index in [1.165, 1.54) is 6.07 Å². The summed E-state index contributed by atoms with van der Waals surface area (Å²) in [7, 11) is 0. The lowest BCUT2D eigenvalue weighted by Crippen LogP contribution is -2.41. The molecule has 1 saturated heterocycles. The Morgan fingerprint density at radius 3 is 2.90 bits per heavy atom. The standard InChI is InChI=1S/C14H19N3O4/c1-3-15-12-8-21-7-10(12)14(18)16-11-5-4-9(2)6-13(11)17(19)20/h4-6,10,12,15H,3,7-8H2,1-2H3,(H,16,18). The molecule has 2 unspecified atom stereocenters. The molecule has 114 valence electrons. The number of nitrogens with one attached hydrogen (secondary N) is 2. The highest BCUT2D eigenvalue weighted by Crippen LogP contribution is 2.26. The fraction of sp³-hybridized carbons (Fsp3) is 0.500. The highest BCUT2D eigenvalue weighted by Gasteiger charge is 2.34. The summed E-state index contributed by atoms with van der Waals surface area (Å²) < 4.78 is 5.32. The molecule has 7 nitrogen and oxygen atoms in total. The van der Waals surface area contributed by atoms with E-state index < -0.39 is 4.92 Å². The average Bonchev–Trinajstić information content (AvgIpc) is 2.89. The fourth-order valence-electron chi connectivity index (χ4n) is 2.40. The van der Waals surface area contributed by atoms with Crippen LogP contribution in [-0.2, 0) is 9.53 Å². The van der Waals surface area contributed by atoms with E-state index in [2.05, 4.69) is 10.6 Å². The molecule has 0 saturated carbocycles. The molecule has 2 N–H and O–H groups in total. The summed E-state index contributed by atoms with van der Waals surface area (Å²) in [5, 5.41) is 16.9. The molecule has 1 aromatic rings. The molecule has 0 spiro atoms. The lowest BCUT2D eigenvalue weighted by molar-refractivity contribution is -0.384. The van der Waals surface area contributed by atoms with Crippen LogP contribution in [0.4, 0.5) is 11.4 Å². The number of rotatable bonds is 5. The molecule has 2 rings (SSSR count). The van der Waals surface area contributed by atoms with Crippen molar-refractivity contribution in [3.05, 3.63) is 33.9 Å². The van der Waals surface area contributed by atoms with E-state index in [-0.39, 0.29) is 29.2 Å². The third kappa shape index (κ3) is 3.56. The molecule has 21 heavy (non-hydrogen) atoms. The summed E-state index contributed by atoms with van der Waals surface area (Å²) in [5.74, 6) is -0.601. The van der Waals surface area contributed by atoms with E-state index in [1.807, 2.05) is 6.92 Å². The maximum absolute atomic E-state index is 12.3. The van der Waals surface area contributed by atoms with E-state index in [1.54, 1.807) is 19.1 Å². The van der Waals surface area contributed by atoms with Crippen molar-refractivity contribution in [3.8, 4) is 0 Å². The van der Waals surface area contributed by atoms with Crippen LogP contribution in [0.2, 0.25) is 0 Å². The van der Waals surface area contributed by atoms with Gasteiger partial charge < -0.3 is 15.4 Å². The van der Waals surface area contributed by atoms with Crippen LogP contribution >= 0.6 is 0 Å². The maximum Gasteiger partial charge on any atom is 0.293 e. The summed E-state index contributed by atoms with van der Waals surface area (Å²) in [4.78, 5) is 22.9. The van der Waals surface area contributed by atoms with Crippen LogP contribution < -0.4 is 10.6 Å². The Morgan fingerprint density at radius 1 is 1.48 bits per heavy atom. The lowest BCUT2D eigenvalue weighted by Gasteiger charge is -2.17. The zero-order valence-electron chi connectivity index (χ0n) is 12.1. The molecule has 0 bridgehead atoms. The van der Waals surface area contributed by atoms with Gasteiger partial charge in [-0.1, -0.05) is 13.0 Å². The van der Waals surface area contributed by atoms with Crippen molar-refractivity contribution < 1.29 is 14.5 Å². The number of amides is 1. The molecule has 1 aliphatic rings. The number of hydrogen-bond donors (Lipinski definition) is 2. The normalized spacial score (nSPS) is 21.2. The van der Waals surface area contributed by atoms with E-state index >= 15 is 0 Å². The summed E-state index contributed by atoms with van der Waals surface area (Å²) in [6, 6.07) is 4.68. The van der Waals surface area contributed by atoms with Gasteiger partial charge in [-0.25, -0.2) is 0 Å². The number of anilines is 1. The predicted octanol–water partition coefficient (Wildman–Crippen LogP) is 1.47. The molecule has 2 atom stereocenters. The molecule has 1 fully saturated rings. The summed E-state index contributed by atoms with van der Waals surface area (Å²) in [6.45, 7) is 5.26. The number of nitrogens with zero attached hydrogens (tertiary/aromatic N) is 1. The Hall–Kier alpha value is -1.99. The first-order chi connectivity index (χ1) is 10.0. The van der Waals surface area contributed by atoms with Gasteiger partial charge in [-0.15, -0.1) is 0 Å². The average molecular weight is 293 g/mol. The second-order valence-electron chi connectivity index (χ2n) is 5.08. The molecule has 1 heterocycles. The number of hydrogen-bond acceptors (Lipinski definition) is 5. The first kappa shape index (κ1) is 15.4. The monoisotopic (exact) mass is 293 g/mol. The van der Waals surface area contributed by atoms with Crippen molar-refractivity contribution in [1.29, 1.82) is 0 Å². The van der Waals surface area contributed by atoms with E-state index in [4.69, 9.17) is 4.74 Å². The van der Waals surface area contributed by atoms with Gasteiger partial charge in [-0.2, -0.15) is 0 Å². The van der Waals surface area contributed by atoms with Gasteiger partial charge in [0.25, 0.3) is 5.69 Å². The minimum atomic E-state index is -0.491. The third-order valence-electron chi connectivity index (χ3n) is 3.49. The topological polar surface area (TPSA) is 93.5 Å². The Kier molecular flexibility index (Phi) is 4.87. The van der Waals surface area contributed by atoms with Crippen LogP contribution in [0, 0.1) is 23.0 Å². The van der Waals surface area contributed by atoms with Gasteiger partial charge in [-0.3, -0.25) is 14.9 Å². The molecule has 1 aliphatic heterocycles. The Bertz CT molecular complexity index is 547. The highest BCUT2D eigenvalue weighted by atomic mass is 16.6. The zero-order chi connectivity index (χ0) is 15.4. The lowest BCUT2D eigenvalue weighted by atomic mass is 10.0. The number of aryl methyl sites for hydroxylation is 1. The second-order valence-corrected chi connectivity index (χ2v) is 5.08. The van der Waals surface area contributed by atoms with Crippen molar-refractivity contribution >= 4 is 17.3 Å². The Morgan fingerprint density at radius 2 is 2.24 bits per heavy atom. The first-order valence-corrected chi connectivity index (χ1v) is 6.90. The SMILES string of the molecule is CCNC1COCC1C(=O)Nc1ccc(C)cc1[N+](=O)[O-]. The number of nitro benzene ring substituents is 1. The molecule has 1 amide bonds. The molecule has 7 heteroatoms. The van der Waals surface area contributed by atoms with Gasteiger partial charge in [0.05, 0.1) is 24.1 Å². The predicted molar refractivity (Wildman–Crippen MR) is 78.2 cm³/mol. The van der Waals surface area contributed by atoms with Gasteiger partial charge >= 0.3 is 0 Å². The van der Waals surface area contributed by atoms with Crippen LogP contribution in [0.25, 0.3) is 0 Å². The van der Waals surface area contributed by atoms with Crippen LogP contribution in [-0.4, -0.2) is 36.6 Å². The Labute approximate surface area is 122 Å². The zero-order valence-corrected chi connectivity index (χ0v) is 12.1. The number of carbonyl (C=O) groups is 1. The largest absolute Gasteiger partial charge is 0.379 e. The number of carbonyl (C=O) groups excluding carboxylic acids is 1. The first-order valence-electron chi connectivity index (χ1n) is 6.90. The molecular weight excluding hydrogens is 274 g/mol. The number of likely N-dealkylation sites (N-methyl/N-ethyl adjacent to an activating group) is 1. The molecule has 1 aromatic carbocycles.